The minimum Gasteiger partial charge on any atom is -0.324 e. The van der Waals surface area contributed by atoms with Gasteiger partial charge in [0.15, 0.2) is 0 Å². The van der Waals surface area contributed by atoms with Crippen LogP contribution in [0, 0.1) is 5.82 Å². The van der Waals surface area contributed by atoms with Crippen molar-refractivity contribution < 1.29 is 9.18 Å². The largest absolute Gasteiger partial charge is 0.332 e. The normalized spacial score (nSPS) is 11.1. The molecule has 1 amide bonds. The Morgan fingerprint density at radius 1 is 1.03 bits per heavy atom. The molecule has 158 valence electrons. The molecular formula is C21H14Cl2FN3O3S. The summed E-state index contributed by atoms with van der Waals surface area (Å²) in [6, 6.07) is 12.1. The minimum atomic E-state index is -0.710. The Hall–Kier alpha value is -2.94. The van der Waals surface area contributed by atoms with Crippen molar-refractivity contribution in [1.29, 1.82) is 0 Å². The van der Waals surface area contributed by atoms with Crippen molar-refractivity contribution in [2.75, 3.05) is 5.32 Å². The van der Waals surface area contributed by atoms with Crippen molar-refractivity contribution in [3.63, 3.8) is 0 Å². The number of amides is 1. The zero-order valence-electron chi connectivity index (χ0n) is 15.8. The third-order valence-electron chi connectivity index (χ3n) is 4.57. The Balaban J connectivity index is 1.73. The number of anilines is 1. The van der Waals surface area contributed by atoms with Crippen LogP contribution in [-0.2, 0) is 17.9 Å². The van der Waals surface area contributed by atoms with E-state index in [-0.39, 0.29) is 18.7 Å². The fraction of sp³-hybridized carbons (Fsp3) is 0.0952. The van der Waals surface area contributed by atoms with E-state index in [1.165, 1.54) is 41.0 Å². The predicted molar refractivity (Wildman–Crippen MR) is 121 cm³/mol. The van der Waals surface area contributed by atoms with Crippen molar-refractivity contribution in [2.24, 2.45) is 0 Å². The molecule has 0 fully saturated rings. The zero-order chi connectivity index (χ0) is 22.1. The number of hydrogen-bond donors (Lipinski definition) is 1. The van der Waals surface area contributed by atoms with Gasteiger partial charge in [0.25, 0.3) is 5.56 Å². The quantitative estimate of drug-likeness (QED) is 0.464. The highest BCUT2D eigenvalue weighted by atomic mass is 35.5. The molecule has 1 N–H and O–H groups in total. The first-order chi connectivity index (χ1) is 14.8. The molecule has 2 heterocycles. The van der Waals surface area contributed by atoms with E-state index in [0.717, 1.165) is 15.9 Å². The van der Waals surface area contributed by atoms with E-state index < -0.39 is 23.0 Å². The topological polar surface area (TPSA) is 73.1 Å². The van der Waals surface area contributed by atoms with Crippen LogP contribution >= 0.6 is 34.5 Å². The Labute approximate surface area is 189 Å². The maximum absolute atomic E-state index is 14.1. The van der Waals surface area contributed by atoms with Gasteiger partial charge >= 0.3 is 5.69 Å². The molecule has 2 aromatic carbocycles. The second kappa shape index (κ2) is 8.66. The smallest absolute Gasteiger partial charge is 0.324 e. The zero-order valence-corrected chi connectivity index (χ0v) is 18.1. The summed E-state index contributed by atoms with van der Waals surface area (Å²) in [5, 5.41) is 4.99. The molecule has 0 aliphatic rings. The molecule has 6 nitrogen and oxygen atoms in total. The van der Waals surface area contributed by atoms with Gasteiger partial charge in [-0.2, -0.15) is 0 Å². The second-order valence-electron chi connectivity index (χ2n) is 6.69. The van der Waals surface area contributed by atoms with E-state index >= 15 is 0 Å². The van der Waals surface area contributed by atoms with Crippen molar-refractivity contribution in [1.82, 2.24) is 9.13 Å². The molecule has 31 heavy (non-hydrogen) atoms. The number of halogens is 3. The van der Waals surface area contributed by atoms with Crippen LogP contribution in [0.1, 0.15) is 5.56 Å². The van der Waals surface area contributed by atoms with Gasteiger partial charge in [-0.3, -0.25) is 18.7 Å². The molecule has 0 radical (unpaired) electrons. The highest BCUT2D eigenvalue weighted by Crippen LogP contribution is 2.22. The Bertz CT molecular complexity index is 1410. The van der Waals surface area contributed by atoms with Gasteiger partial charge in [0, 0.05) is 21.3 Å². The number of hydrogen-bond acceptors (Lipinski definition) is 4. The SMILES string of the molecule is O=C(Cn1c(=O)n(Cc2ccccc2F)c(=O)c2sccc21)Nc1cc(Cl)cc(Cl)c1. The Morgan fingerprint density at radius 3 is 2.45 bits per heavy atom. The maximum atomic E-state index is 14.1. The first-order valence-electron chi connectivity index (χ1n) is 9.03. The molecule has 0 bridgehead atoms. The van der Waals surface area contributed by atoms with E-state index in [9.17, 15) is 18.8 Å². The Morgan fingerprint density at radius 2 is 1.74 bits per heavy atom. The lowest BCUT2D eigenvalue weighted by atomic mass is 10.2. The number of nitrogens with one attached hydrogen (secondary N) is 1. The molecule has 0 saturated carbocycles. The van der Waals surface area contributed by atoms with Gasteiger partial charge in [0.2, 0.25) is 5.91 Å². The van der Waals surface area contributed by atoms with Crippen LogP contribution in [0.5, 0.6) is 0 Å². The van der Waals surface area contributed by atoms with Crippen LogP contribution in [-0.4, -0.2) is 15.0 Å². The van der Waals surface area contributed by atoms with Crippen LogP contribution in [0.15, 0.2) is 63.5 Å². The van der Waals surface area contributed by atoms with E-state index in [1.54, 1.807) is 17.5 Å². The molecule has 4 aromatic rings. The number of nitrogens with zero attached hydrogens (tertiary/aromatic N) is 2. The monoisotopic (exact) mass is 477 g/mol. The molecule has 0 atom stereocenters. The summed E-state index contributed by atoms with van der Waals surface area (Å²) in [5.74, 6) is -1.04. The predicted octanol–water partition coefficient (Wildman–Crippen LogP) is 4.36. The summed E-state index contributed by atoms with van der Waals surface area (Å²) in [5.41, 5.74) is -0.335. The number of rotatable bonds is 5. The highest BCUT2D eigenvalue weighted by molar-refractivity contribution is 7.17. The molecule has 2 aromatic heterocycles. The number of thiophene rings is 1. The van der Waals surface area contributed by atoms with Gasteiger partial charge < -0.3 is 5.32 Å². The molecule has 0 aliphatic heterocycles. The first kappa shape index (κ1) is 21.3. The number of aromatic nitrogens is 2. The van der Waals surface area contributed by atoms with Gasteiger partial charge in [-0.1, -0.05) is 41.4 Å². The van der Waals surface area contributed by atoms with E-state index in [0.29, 0.717) is 25.9 Å². The molecule has 4 rings (SSSR count). The molecule has 0 unspecified atom stereocenters. The summed E-state index contributed by atoms with van der Waals surface area (Å²) >= 11 is 13.1. The van der Waals surface area contributed by atoms with Crippen LogP contribution in [0.2, 0.25) is 10.0 Å². The summed E-state index contributed by atoms with van der Waals surface area (Å²) < 4.78 is 16.5. The third kappa shape index (κ3) is 4.41. The average molecular weight is 478 g/mol. The van der Waals surface area contributed by atoms with E-state index in [1.807, 2.05) is 0 Å². The standard InChI is InChI=1S/C21H14Cl2FN3O3S/c22-13-7-14(23)9-15(8-13)25-18(28)11-26-17-5-6-31-19(17)20(29)27(21(26)30)10-12-3-1-2-4-16(12)24/h1-9H,10-11H2,(H,25,28). The van der Waals surface area contributed by atoms with Crippen LogP contribution in [0.3, 0.4) is 0 Å². The number of carbonyl (C=O) groups excluding carboxylic acids is 1. The third-order valence-corrected chi connectivity index (χ3v) is 5.90. The lowest BCUT2D eigenvalue weighted by Gasteiger charge is -2.13. The lowest BCUT2D eigenvalue weighted by Crippen LogP contribution is -2.41. The summed E-state index contributed by atoms with van der Waals surface area (Å²) in [6.07, 6.45) is 0. The van der Waals surface area contributed by atoms with Crippen molar-refractivity contribution in [3.05, 3.63) is 96.2 Å². The van der Waals surface area contributed by atoms with Crippen molar-refractivity contribution >= 4 is 56.3 Å². The van der Waals surface area contributed by atoms with Crippen LogP contribution < -0.4 is 16.6 Å². The van der Waals surface area contributed by atoms with E-state index in [4.69, 9.17) is 23.2 Å². The summed E-state index contributed by atoms with van der Waals surface area (Å²) in [6.45, 7) is -0.600. The number of fused-ring (bicyclic) bond motifs is 1. The first-order valence-corrected chi connectivity index (χ1v) is 10.7. The second-order valence-corrected chi connectivity index (χ2v) is 8.48. The van der Waals surface area contributed by atoms with Gasteiger partial charge in [-0.15, -0.1) is 11.3 Å². The molecular weight excluding hydrogens is 464 g/mol. The number of carbonyl (C=O) groups is 1. The molecule has 10 heteroatoms. The molecule has 0 saturated heterocycles. The molecule has 0 spiro atoms. The summed E-state index contributed by atoms with van der Waals surface area (Å²) in [4.78, 5) is 38.6. The van der Waals surface area contributed by atoms with Crippen molar-refractivity contribution in [3.8, 4) is 0 Å². The van der Waals surface area contributed by atoms with Gasteiger partial charge in [0.1, 0.15) is 17.1 Å². The number of benzene rings is 2. The van der Waals surface area contributed by atoms with Gasteiger partial charge in [-0.25, -0.2) is 9.18 Å². The fourth-order valence-electron chi connectivity index (χ4n) is 3.19. The van der Waals surface area contributed by atoms with Crippen molar-refractivity contribution in [2.45, 2.75) is 13.1 Å². The maximum Gasteiger partial charge on any atom is 0.332 e. The molecule has 0 aliphatic carbocycles. The lowest BCUT2D eigenvalue weighted by molar-refractivity contribution is -0.116. The minimum absolute atomic E-state index is 0.196. The average Bonchev–Trinajstić information content (AvgIpc) is 3.19. The summed E-state index contributed by atoms with van der Waals surface area (Å²) in [7, 11) is 0. The van der Waals surface area contributed by atoms with Gasteiger partial charge in [0.05, 0.1) is 12.1 Å². The highest BCUT2D eigenvalue weighted by Gasteiger charge is 2.18. The Kier molecular flexibility index (Phi) is 5.95. The van der Waals surface area contributed by atoms with Gasteiger partial charge in [-0.05, 0) is 35.7 Å². The van der Waals surface area contributed by atoms with Crippen LogP contribution in [0.25, 0.3) is 10.2 Å². The van der Waals surface area contributed by atoms with E-state index in [2.05, 4.69) is 5.32 Å². The van der Waals surface area contributed by atoms with Crippen LogP contribution in [0.4, 0.5) is 10.1 Å². The fourth-order valence-corrected chi connectivity index (χ4v) is 4.56.